The molecule has 2 heterocycles. The first-order chi connectivity index (χ1) is 7.77. The van der Waals surface area contributed by atoms with Crippen LogP contribution in [0.15, 0.2) is 10.7 Å². The van der Waals surface area contributed by atoms with Gasteiger partial charge in [0.25, 0.3) is 0 Å². The van der Waals surface area contributed by atoms with Gasteiger partial charge in [-0.25, -0.2) is 0 Å². The molecule has 2 rings (SSSR count). The Bertz CT molecular complexity index is 349. The van der Waals surface area contributed by atoms with Crippen molar-refractivity contribution >= 4 is 27.7 Å². The van der Waals surface area contributed by atoms with Crippen molar-refractivity contribution in [1.29, 1.82) is 0 Å². The summed E-state index contributed by atoms with van der Waals surface area (Å²) in [6.07, 6.45) is 3.08. The maximum Gasteiger partial charge on any atom is 0.0712 e. The number of aromatic nitrogens is 2. The van der Waals surface area contributed by atoms with Crippen molar-refractivity contribution in [3.05, 3.63) is 16.4 Å². The average molecular weight is 305 g/mol. The van der Waals surface area contributed by atoms with Crippen LogP contribution in [0.2, 0.25) is 0 Å². The third kappa shape index (κ3) is 2.30. The Hall–Kier alpha value is -0.0400. The molecule has 6 heteroatoms. The molecule has 3 N–H and O–H groups in total. The summed E-state index contributed by atoms with van der Waals surface area (Å²) in [6.45, 7) is 2.97. The molecule has 16 heavy (non-hydrogen) atoms. The molecule has 0 spiro atoms. The maximum atomic E-state index is 5.72. The fraction of sp³-hybridized carbons (Fsp3) is 0.700. The number of aryl methyl sites for hydroxylation is 1. The largest absolute Gasteiger partial charge is 0.271 e. The van der Waals surface area contributed by atoms with Gasteiger partial charge in [0.2, 0.25) is 0 Å². The van der Waals surface area contributed by atoms with E-state index in [1.54, 1.807) is 0 Å². The number of nitrogens with one attached hydrogen (secondary N) is 1. The second-order valence-corrected chi connectivity index (χ2v) is 5.97. The Morgan fingerprint density at radius 2 is 2.62 bits per heavy atom. The molecule has 1 aromatic heterocycles. The predicted molar refractivity (Wildman–Crippen MR) is 71.1 cm³/mol. The van der Waals surface area contributed by atoms with Crippen molar-refractivity contribution in [3.8, 4) is 0 Å². The van der Waals surface area contributed by atoms with Gasteiger partial charge in [0, 0.05) is 6.54 Å². The fourth-order valence-electron chi connectivity index (χ4n) is 2.19. The second-order valence-electron chi connectivity index (χ2n) is 3.96. The van der Waals surface area contributed by atoms with Gasteiger partial charge in [-0.15, -0.1) is 0 Å². The molecular formula is C10H17BrN4S. The molecule has 1 saturated heterocycles. The summed E-state index contributed by atoms with van der Waals surface area (Å²) in [4.78, 5) is 0. The van der Waals surface area contributed by atoms with Crippen LogP contribution in [-0.4, -0.2) is 21.3 Å². The van der Waals surface area contributed by atoms with Crippen LogP contribution < -0.4 is 11.3 Å². The highest BCUT2D eigenvalue weighted by molar-refractivity contribution is 9.10. The lowest BCUT2D eigenvalue weighted by Gasteiger charge is -2.23. The van der Waals surface area contributed by atoms with Gasteiger partial charge < -0.3 is 0 Å². The van der Waals surface area contributed by atoms with Gasteiger partial charge in [0.15, 0.2) is 0 Å². The minimum atomic E-state index is 0.201. The quantitative estimate of drug-likeness (QED) is 0.659. The van der Waals surface area contributed by atoms with Crippen LogP contribution in [0, 0.1) is 5.92 Å². The minimum absolute atomic E-state index is 0.201. The van der Waals surface area contributed by atoms with Crippen LogP contribution in [0.1, 0.15) is 25.1 Å². The zero-order valence-electron chi connectivity index (χ0n) is 9.32. The number of nitrogens with zero attached hydrogens (tertiary/aromatic N) is 2. The van der Waals surface area contributed by atoms with Gasteiger partial charge in [-0.1, -0.05) is 0 Å². The summed E-state index contributed by atoms with van der Waals surface area (Å²) in [5.74, 6) is 8.73. The fourth-order valence-corrected chi connectivity index (χ4v) is 4.03. The average Bonchev–Trinajstić information content (AvgIpc) is 2.91. The number of hydrogen-bond acceptors (Lipinski definition) is 4. The molecule has 1 aliphatic rings. The molecule has 2 unspecified atom stereocenters. The zero-order valence-corrected chi connectivity index (χ0v) is 11.7. The summed E-state index contributed by atoms with van der Waals surface area (Å²) < 4.78 is 3.06. The van der Waals surface area contributed by atoms with Crippen molar-refractivity contribution in [2.24, 2.45) is 11.8 Å². The van der Waals surface area contributed by atoms with E-state index in [9.17, 15) is 0 Å². The van der Waals surface area contributed by atoms with E-state index in [2.05, 4.69) is 33.4 Å². The van der Waals surface area contributed by atoms with E-state index in [-0.39, 0.29) is 6.04 Å². The summed E-state index contributed by atoms with van der Waals surface area (Å²) in [5, 5.41) is 4.34. The third-order valence-electron chi connectivity index (χ3n) is 3.04. The molecule has 0 bridgehead atoms. The Labute approximate surface area is 108 Å². The first-order valence-electron chi connectivity index (χ1n) is 5.53. The van der Waals surface area contributed by atoms with Gasteiger partial charge in [-0.2, -0.15) is 16.9 Å². The van der Waals surface area contributed by atoms with E-state index in [4.69, 9.17) is 5.84 Å². The first-order valence-corrected chi connectivity index (χ1v) is 7.47. The van der Waals surface area contributed by atoms with Crippen molar-refractivity contribution < 1.29 is 0 Å². The highest BCUT2D eigenvalue weighted by Crippen LogP contribution is 2.36. The SMILES string of the molecule is CCn1ncc(Br)c1C(NN)C1CCSC1. The summed E-state index contributed by atoms with van der Waals surface area (Å²) >= 11 is 5.56. The molecular weight excluding hydrogens is 288 g/mol. The second kappa shape index (κ2) is 5.53. The number of nitrogens with two attached hydrogens (primary N) is 1. The van der Waals surface area contributed by atoms with Crippen molar-refractivity contribution in [1.82, 2.24) is 15.2 Å². The van der Waals surface area contributed by atoms with E-state index in [0.717, 1.165) is 11.0 Å². The summed E-state index contributed by atoms with van der Waals surface area (Å²) in [5.41, 5.74) is 4.14. The highest BCUT2D eigenvalue weighted by Gasteiger charge is 2.29. The molecule has 2 atom stereocenters. The van der Waals surface area contributed by atoms with E-state index in [1.807, 2.05) is 22.6 Å². The van der Waals surface area contributed by atoms with Crippen LogP contribution in [-0.2, 0) is 6.54 Å². The molecule has 1 fully saturated rings. The van der Waals surface area contributed by atoms with Crippen LogP contribution >= 0.6 is 27.7 Å². The van der Waals surface area contributed by atoms with Crippen LogP contribution in [0.25, 0.3) is 0 Å². The van der Waals surface area contributed by atoms with Crippen LogP contribution in [0.3, 0.4) is 0 Å². The minimum Gasteiger partial charge on any atom is -0.271 e. The lowest BCUT2D eigenvalue weighted by molar-refractivity contribution is 0.373. The molecule has 0 aromatic carbocycles. The molecule has 90 valence electrons. The molecule has 0 amide bonds. The van der Waals surface area contributed by atoms with Crippen molar-refractivity contribution in [2.45, 2.75) is 25.9 Å². The lowest BCUT2D eigenvalue weighted by Crippen LogP contribution is -2.35. The smallest absolute Gasteiger partial charge is 0.0712 e. The monoisotopic (exact) mass is 304 g/mol. The van der Waals surface area contributed by atoms with Crippen molar-refractivity contribution in [3.63, 3.8) is 0 Å². The first kappa shape index (κ1) is 12.4. The molecule has 4 nitrogen and oxygen atoms in total. The molecule has 0 radical (unpaired) electrons. The Morgan fingerprint density at radius 3 is 3.19 bits per heavy atom. The topological polar surface area (TPSA) is 55.9 Å². The lowest BCUT2D eigenvalue weighted by atomic mass is 9.97. The standard InChI is InChI=1S/C10H17BrN4S/c1-2-15-10(8(11)5-13-15)9(14-12)7-3-4-16-6-7/h5,7,9,14H,2-4,6,12H2,1H3. The highest BCUT2D eigenvalue weighted by atomic mass is 79.9. The Kier molecular flexibility index (Phi) is 4.29. The number of thioether (sulfide) groups is 1. The van der Waals surface area contributed by atoms with Gasteiger partial charge >= 0.3 is 0 Å². The molecule has 1 aromatic rings. The molecule has 0 aliphatic carbocycles. The van der Waals surface area contributed by atoms with Gasteiger partial charge in [0.1, 0.15) is 0 Å². The summed E-state index contributed by atoms with van der Waals surface area (Å²) in [7, 11) is 0. The van der Waals surface area contributed by atoms with E-state index in [1.165, 1.54) is 23.6 Å². The van der Waals surface area contributed by atoms with E-state index < -0.39 is 0 Å². The number of halogens is 1. The van der Waals surface area contributed by atoms with Gasteiger partial charge in [-0.3, -0.25) is 16.0 Å². The van der Waals surface area contributed by atoms with E-state index >= 15 is 0 Å². The molecule has 1 aliphatic heterocycles. The Morgan fingerprint density at radius 1 is 1.81 bits per heavy atom. The third-order valence-corrected chi connectivity index (χ3v) is 4.84. The van der Waals surface area contributed by atoms with Crippen LogP contribution in [0.4, 0.5) is 0 Å². The molecule has 0 saturated carbocycles. The van der Waals surface area contributed by atoms with Gasteiger partial charge in [-0.05, 0) is 46.7 Å². The zero-order chi connectivity index (χ0) is 11.5. The van der Waals surface area contributed by atoms with Crippen molar-refractivity contribution in [2.75, 3.05) is 11.5 Å². The Balaban J connectivity index is 2.27. The predicted octanol–water partition coefficient (Wildman–Crippen LogP) is 1.92. The van der Waals surface area contributed by atoms with Gasteiger partial charge in [0.05, 0.1) is 22.4 Å². The maximum absolute atomic E-state index is 5.72. The normalized spacial score (nSPS) is 22.6. The number of hydrazine groups is 1. The van der Waals surface area contributed by atoms with Crippen LogP contribution in [0.5, 0.6) is 0 Å². The summed E-state index contributed by atoms with van der Waals surface area (Å²) in [6, 6.07) is 0.201. The van der Waals surface area contributed by atoms with E-state index in [0.29, 0.717) is 5.92 Å². The number of hydrogen-bond donors (Lipinski definition) is 2. The number of rotatable bonds is 4.